The number of tetrazole rings is 1. The van der Waals surface area contributed by atoms with Gasteiger partial charge in [0.15, 0.2) is 5.82 Å². The molecule has 1 saturated heterocycles. The molecule has 1 aliphatic heterocycles. The summed E-state index contributed by atoms with van der Waals surface area (Å²) >= 11 is 5.68. The molecule has 12 heteroatoms. The summed E-state index contributed by atoms with van der Waals surface area (Å²) in [5, 5.41) is 20.0. The van der Waals surface area contributed by atoms with Crippen molar-refractivity contribution in [2.75, 3.05) is 6.54 Å². The molecule has 0 radical (unpaired) electrons. The third kappa shape index (κ3) is 4.08. The van der Waals surface area contributed by atoms with Crippen LogP contribution in [0.5, 0.6) is 0 Å². The highest BCUT2D eigenvalue weighted by Crippen LogP contribution is 2.35. The summed E-state index contributed by atoms with van der Waals surface area (Å²) in [5.74, 6) is -0.847. The van der Waals surface area contributed by atoms with E-state index in [1.807, 2.05) is 0 Å². The first kappa shape index (κ1) is 20.4. The Morgan fingerprint density at radius 3 is 2.77 bits per heavy atom. The molecule has 2 aromatic rings. The molecule has 142 valence electrons. The molecule has 0 aliphatic carbocycles. The Morgan fingerprint density at radius 1 is 1.38 bits per heavy atom. The molecule has 1 aromatic carbocycles. The summed E-state index contributed by atoms with van der Waals surface area (Å²) in [6.07, 6.45) is -3.47. The summed E-state index contributed by atoms with van der Waals surface area (Å²) in [6, 6.07) is 2.60. The maximum Gasteiger partial charge on any atom is 0.418 e. The smallest absolute Gasteiger partial charge is 0.418 e. The predicted molar refractivity (Wildman–Crippen MR) is 87.5 cm³/mol. The largest absolute Gasteiger partial charge is 0.480 e. The molecule has 1 N–H and O–H groups in total. The fourth-order valence-electron chi connectivity index (χ4n) is 2.89. The lowest BCUT2D eigenvalue weighted by atomic mass is 10.1. The maximum absolute atomic E-state index is 13.3. The molecule has 1 atom stereocenters. The second-order valence-electron chi connectivity index (χ2n) is 5.63. The van der Waals surface area contributed by atoms with Crippen molar-refractivity contribution < 1.29 is 23.1 Å². The minimum Gasteiger partial charge on any atom is -0.480 e. The fourth-order valence-corrected chi connectivity index (χ4v) is 3.06. The van der Waals surface area contributed by atoms with Crippen LogP contribution in [-0.2, 0) is 17.5 Å². The van der Waals surface area contributed by atoms with Gasteiger partial charge in [-0.1, -0.05) is 11.6 Å². The SMILES string of the molecule is Cl.O=C(O)[C@H]1CCCN1Cc1nnnn1-c1ccc(Cl)cc1C(F)(F)F. The van der Waals surface area contributed by atoms with E-state index in [9.17, 15) is 23.1 Å². The van der Waals surface area contributed by atoms with Crippen LogP contribution in [0.15, 0.2) is 18.2 Å². The van der Waals surface area contributed by atoms with Crippen LogP contribution >= 0.6 is 24.0 Å². The zero-order chi connectivity index (χ0) is 18.2. The van der Waals surface area contributed by atoms with Crippen LogP contribution < -0.4 is 0 Å². The number of aliphatic carboxylic acids is 1. The average Bonchev–Trinajstić information content (AvgIpc) is 3.16. The van der Waals surface area contributed by atoms with Crippen LogP contribution in [-0.4, -0.2) is 48.8 Å². The van der Waals surface area contributed by atoms with Crippen LogP contribution in [0.4, 0.5) is 13.2 Å². The van der Waals surface area contributed by atoms with Gasteiger partial charge in [-0.05, 0) is 48.0 Å². The summed E-state index contributed by atoms with van der Waals surface area (Å²) in [4.78, 5) is 12.9. The molecule has 0 spiro atoms. The van der Waals surface area contributed by atoms with Crippen molar-refractivity contribution in [2.24, 2.45) is 0 Å². The zero-order valence-corrected chi connectivity index (χ0v) is 14.7. The number of carboxylic acid groups (broad SMARTS) is 1. The number of aromatic nitrogens is 4. The third-order valence-corrected chi connectivity index (χ3v) is 4.25. The van der Waals surface area contributed by atoms with E-state index >= 15 is 0 Å². The lowest BCUT2D eigenvalue weighted by molar-refractivity contribution is -0.142. The Bertz CT molecular complexity index is 799. The summed E-state index contributed by atoms with van der Waals surface area (Å²) in [6.45, 7) is 0.542. The molecular weight excluding hydrogens is 398 g/mol. The lowest BCUT2D eigenvalue weighted by Gasteiger charge is -2.20. The van der Waals surface area contributed by atoms with E-state index in [0.29, 0.717) is 19.4 Å². The average molecular weight is 412 g/mol. The van der Waals surface area contributed by atoms with Crippen LogP contribution in [0.3, 0.4) is 0 Å². The third-order valence-electron chi connectivity index (χ3n) is 4.02. The zero-order valence-electron chi connectivity index (χ0n) is 13.1. The molecular formula is C14H14Cl2F3N5O2. The van der Waals surface area contributed by atoms with Crippen molar-refractivity contribution in [3.05, 3.63) is 34.6 Å². The first-order valence-corrected chi connectivity index (χ1v) is 7.76. The Hall–Kier alpha value is -1.91. The van der Waals surface area contributed by atoms with Crippen molar-refractivity contribution in [3.8, 4) is 5.69 Å². The number of carboxylic acids is 1. The van der Waals surface area contributed by atoms with Crippen molar-refractivity contribution >= 4 is 30.0 Å². The van der Waals surface area contributed by atoms with E-state index in [1.54, 1.807) is 4.90 Å². The molecule has 1 aromatic heterocycles. The first-order chi connectivity index (χ1) is 11.8. The monoisotopic (exact) mass is 411 g/mol. The normalized spacial score (nSPS) is 17.9. The number of rotatable bonds is 4. The number of alkyl halides is 3. The summed E-state index contributed by atoms with van der Waals surface area (Å²) < 4.78 is 40.9. The number of nitrogens with zero attached hydrogens (tertiary/aromatic N) is 5. The van der Waals surface area contributed by atoms with Crippen LogP contribution in [0, 0.1) is 0 Å². The number of hydrogen-bond donors (Lipinski definition) is 1. The highest BCUT2D eigenvalue weighted by atomic mass is 35.5. The van der Waals surface area contributed by atoms with Gasteiger partial charge < -0.3 is 5.11 Å². The van der Waals surface area contributed by atoms with Crippen molar-refractivity contribution in [1.82, 2.24) is 25.1 Å². The molecule has 1 aliphatic rings. The molecule has 0 saturated carbocycles. The number of benzene rings is 1. The van der Waals surface area contributed by atoms with Gasteiger partial charge in [-0.2, -0.15) is 17.9 Å². The first-order valence-electron chi connectivity index (χ1n) is 7.38. The van der Waals surface area contributed by atoms with E-state index in [1.165, 1.54) is 12.1 Å². The summed E-state index contributed by atoms with van der Waals surface area (Å²) in [5.41, 5.74) is -1.23. The summed E-state index contributed by atoms with van der Waals surface area (Å²) in [7, 11) is 0. The van der Waals surface area contributed by atoms with Gasteiger partial charge in [-0.25, -0.2) is 0 Å². The highest BCUT2D eigenvalue weighted by molar-refractivity contribution is 6.30. The molecule has 3 rings (SSSR count). The minimum atomic E-state index is -4.64. The quantitative estimate of drug-likeness (QED) is 0.832. The Labute approximate surface area is 157 Å². The topological polar surface area (TPSA) is 84.1 Å². The highest BCUT2D eigenvalue weighted by Gasteiger charge is 2.36. The number of carbonyl (C=O) groups is 1. The standard InChI is InChI=1S/C14H13ClF3N5O2.ClH/c15-8-3-4-10(9(6-8)14(16,17)18)23-12(19-20-21-23)7-22-5-1-2-11(22)13(24)25;/h3-4,6,11H,1-2,5,7H2,(H,24,25);1H/t11-;/m1./s1. The molecule has 0 unspecified atom stereocenters. The maximum atomic E-state index is 13.3. The molecule has 1 fully saturated rings. The van der Waals surface area contributed by atoms with Gasteiger partial charge in [0.2, 0.25) is 0 Å². The van der Waals surface area contributed by atoms with E-state index in [4.69, 9.17) is 11.6 Å². The lowest BCUT2D eigenvalue weighted by Crippen LogP contribution is -2.36. The minimum absolute atomic E-state index is 0. The Balaban J connectivity index is 0.00000243. The predicted octanol–water partition coefficient (Wildman–Crippen LogP) is 2.81. The van der Waals surface area contributed by atoms with Gasteiger partial charge in [0.25, 0.3) is 0 Å². The molecule has 7 nitrogen and oxygen atoms in total. The van der Waals surface area contributed by atoms with Gasteiger partial charge in [0.05, 0.1) is 17.8 Å². The van der Waals surface area contributed by atoms with Gasteiger partial charge >= 0.3 is 12.1 Å². The van der Waals surface area contributed by atoms with Gasteiger partial charge in [0.1, 0.15) is 6.04 Å². The number of likely N-dealkylation sites (tertiary alicyclic amines) is 1. The van der Waals surface area contributed by atoms with E-state index < -0.39 is 23.8 Å². The Kier molecular flexibility index (Phi) is 6.09. The van der Waals surface area contributed by atoms with Crippen molar-refractivity contribution in [2.45, 2.75) is 31.6 Å². The van der Waals surface area contributed by atoms with Gasteiger partial charge in [-0.15, -0.1) is 17.5 Å². The van der Waals surface area contributed by atoms with E-state index in [0.717, 1.165) is 10.7 Å². The van der Waals surface area contributed by atoms with Gasteiger partial charge in [-0.3, -0.25) is 9.69 Å². The van der Waals surface area contributed by atoms with Crippen LogP contribution in [0.2, 0.25) is 5.02 Å². The van der Waals surface area contributed by atoms with Crippen molar-refractivity contribution in [3.63, 3.8) is 0 Å². The number of hydrogen-bond acceptors (Lipinski definition) is 5. The Morgan fingerprint density at radius 2 is 2.12 bits per heavy atom. The van der Waals surface area contributed by atoms with Crippen molar-refractivity contribution in [1.29, 1.82) is 0 Å². The van der Waals surface area contributed by atoms with Crippen LogP contribution in [0.1, 0.15) is 24.2 Å². The molecule has 0 bridgehead atoms. The fraction of sp³-hybridized carbons (Fsp3) is 0.429. The molecule has 26 heavy (non-hydrogen) atoms. The molecule has 2 heterocycles. The second-order valence-corrected chi connectivity index (χ2v) is 6.07. The molecule has 0 amide bonds. The number of halogens is 5. The van der Waals surface area contributed by atoms with E-state index in [2.05, 4.69) is 15.5 Å². The van der Waals surface area contributed by atoms with E-state index in [-0.39, 0.29) is 35.5 Å². The van der Waals surface area contributed by atoms with Crippen LogP contribution in [0.25, 0.3) is 5.69 Å². The van der Waals surface area contributed by atoms with Gasteiger partial charge in [0, 0.05) is 5.02 Å². The second kappa shape index (κ2) is 7.77.